The van der Waals surface area contributed by atoms with Gasteiger partial charge in [0.15, 0.2) is 0 Å². The van der Waals surface area contributed by atoms with Crippen molar-refractivity contribution < 1.29 is 17.9 Å². The van der Waals surface area contributed by atoms with Crippen LogP contribution in [0.1, 0.15) is 38.5 Å². The van der Waals surface area contributed by atoms with Gasteiger partial charge in [0, 0.05) is 31.4 Å². The van der Waals surface area contributed by atoms with Gasteiger partial charge in [-0.05, 0) is 56.3 Å². The Labute approximate surface area is 198 Å². The van der Waals surface area contributed by atoms with Gasteiger partial charge in [-0.2, -0.15) is 0 Å². The molecule has 3 atom stereocenters. The van der Waals surface area contributed by atoms with Gasteiger partial charge >= 0.3 is 0 Å². The summed E-state index contributed by atoms with van der Waals surface area (Å²) in [6, 6.07) is 4.05. The molecule has 0 unspecified atom stereocenters. The zero-order valence-corrected chi connectivity index (χ0v) is 19.8. The number of benzene rings is 1. The number of nitrogens with zero attached hydrogens (tertiary/aromatic N) is 3. The number of hydrogen-bond acceptors (Lipinski definition) is 7. The highest BCUT2D eigenvalue weighted by atomic mass is 35.5. The number of anilines is 2. The van der Waals surface area contributed by atoms with Crippen LogP contribution in [0.15, 0.2) is 35.6 Å². The fourth-order valence-electron chi connectivity index (χ4n) is 4.89. The van der Waals surface area contributed by atoms with Crippen LogP contribution in [-0.4, -0.2) is 60.2 Å². The van der Waals surface area contributed by atoms with Crippen molar-refractivity contribution in [3.63, 3.8) is 0 Å². The summed E-state index contributed by atoms with van der Waals surface area (Å²) in [7, 11) is -4.21. The van der Waals surface area contributed by atoms with Crippen molar-refractivity contribution in [2.45, 2.75) is 55.5 Å². The molecule has 180 valence electrons. The van der Waals surface area contributed by atoms with Crippen LogP contribution in [0.25, 0.3) is 0 Å². The van der Waals surface area contributed by atoms with Gasteiger partial charge in [0.1, 0.15) is 22.9 Å². The van der Waals surface area contributed by atoms with Crippen LogP contribution in [-0.2, 0) is 10.0 Å². The van der Waals surface area contributed by atoms with E-state index in [9.17, 15) is 17.9 Å². The molecule has 2 aromatic rings. The van der Waals surface area contributed by atoms with Crippen molar-refractivity contribution in [3.8, 4) is 0 Å². The van der Waals surface area contributed by atoms with E-state index < -0.39 is 20.7 Å². The van der Waals surface area contributed by atoms with Crippen LogP contribution in [0.2, 0.25) is 5.02 Å². The van der Waals surface area contributed by atoms with E-state index >= 15 is 0 Å². The van der Waals surface area contributed by atoms with Crippen molar-refractivity contribution in [2.75, 3.05) is 29.7 Å². The zero-order valence-electron chi connectivity index (χ0n) is 18.3. The summed E-state index contributed by atoms with van der Waals surface area (Å²) in [5.41, 5.74) is 0.387. The molecule has 1 aliphatic heterocycles. The second-order valence-electron chi connectivity index (χ2n) is 8.73. The first kappa shape index (κ1) is 24.1. The molecule has 1 saturated carbocycles. The molecule has 1 aromatic carbocycles. The average Bonchev–Trinajstić information content (AvgIpc) is 3.25. The SMILES string of the molecule is O=S(=O)(Nc1ccncn1)c1cc(Cl)c(N[C@H]2CCCC[C@@H]2N2CC[C@H](CCO)C2)cc1F. The predicted molar refractivity (Wildman–Crippen MR) is 125 cm³/mol. The third-order valence-electron chi connectivity index (χ3n) is 6.53. The van der Waals surface area contributed by atoms with Crippen molar-refractivity contribution >= 4 is 33.1 Å². The summed E-state index contributed by atoms with van der Waals surface area (Å²) in [6.07, 6.45) is 8.64. The Balaban J connectivity index is 1.50. The largest absolute Gasteiger partial charge is 0.396 e. The van der Waals surface area contributed by atoms with E-state index in [4.69, 9.17) is 11.6 Å². The molecule has 2 fully saturated rings. The number of rotatable bonds is 8. The molecule has 2 heterocycles. The molecule has 2 aliphatic rings. The van der Waals surface area contributed by atoms with Crippen molar-refractivity contribution in [2.24, 2.45) is 5.92 Å². The molecular formula is C22H29ClFN5O3S. The van der Waals surface area contributed by atoms with E-state index in [0.717, 1.165) is 63.7 Å². The number of nitrogens with one attached hydrogen (secondary N) is 2. The van der Waals surface area contributed by atoms with Crippen LogP contribution >= 0.6 is 11.6 Å². The Hall–Kier alpha value is -2.01. The lowest BCUT2D eigenvalue weighted by Gasteiger charge is -2.39. The molecule has 0 amide bonds. The lowest BCUT2D eigenvalue weighted by atomic mass is 9.89. The lowest BCUT2D eigenvalue weighted by molar-refractivity contribution is 0.166. The van der Waals surface area contributed by atoms with Gasteiger partial charge in [0.25, 0.3) is 10.0 Å². The van der Waals surface area contributed by atoms with Gasteiger partial charge < -0.3 is 10.4 Å². The highest BCUT2D eigenvalue weighted by Gasteiger charge is 2.35. The Morgan fingerprint density at radius 3 is 2.82 bits per heavy atom. The molecule has 1 aromatic heterocycles. The van der Waals surface area contributed by atoms with Gasteiger partial charge in [-0.3, -0.25) is 9.62 Å². The third kappa shape index (κ3) is 5.74. The summed E-state index contributed by atoms with van der Waals surface area (Å²) in [4.78, 5) is 9.47. The molecule has 0 radical (unpaired) electrons. The van der Waals surface area contributed by atoms with Crippen LogP contribution in [0.3, 0.4) is 0 Å². The minimum Gasteiger partial charge on any atom is -0.396 e. The summed E-state index contributed by atoms with van der Waals surface area (Å²) in [5.74, 6) is -0.344. The molecule has 1 saturated heterocycles. The minimum atomic E-state index is -4.21. The topological polar surface area (TPSA) is 107 Å². The van der Waals surface area contributed by atoms with E-state index in [-0.39, 0.29) is 23.5 Å². The maximum atomic E-state index is 14.9. The van der Waals surface area contributed by atoms with Crippen LogP contribution < -0.4 is 10.0 Å². The number of likely N-dealkylation sites (tertiary alicyclic amines) is 1. The normalized spacial score (nSPS) is 24.0. The summed E-state index contributed by atoms with van der Waals surface area (Å²) in [6.45, 7) is 2.15. The van der Waals surface area contributed by atoms with Crippen LogP contribution in [0, 0.1) is 11.7 Å². The highest BCUT2D eigenvalue weighted by molar-refractivity contribution is 7.92. The quantitative estimate of drug-likeness (QED) is 0.512. The zero-order chi connectivity index (χ0) is 23.4. The molecule has 8 nitrogen and oxygen atoms in total. The molecule has 1 aliphatic carbocycles. The van der Waals surface area contributed by atoms with E-state index in [1.807, 2.05) is 0 Å². The molecule has 0 bridgehead atoms. The van der Waals surface area contributed by atoms with Crippen molar-refractivity contribution in [3.05, 3.63) is 41.6 Å². The molecule has 0 spiro atoms. The minimum absolute atomic E-state index is 0.0397. The smallest absolute Gasteiger partial charge is 0.266 e. The number of hydrogen-bond donors (Lipinski definition) is 3. The summed E-state index contributed by atoms with van der Waals surface area (Å²) in [5, 5.41) is 12.8. The first-order chi connectivity index (χ1) is 15.9. The van der Waals surface area contributed by atoms with E-state index in [1.165, 1.54) is 18.6 Å². The number of aliphatic hydroxyl groups excluding tert-OH is 1. The van der Waals surface area contributed by atoms with Gasteiger partial charge in [0.05, 0.1) is 10.7 Å². The fourth-order valence-corrected chi connectivity index (χ4v) is 6.26. The molecule has 11 heteroatoms. The van der Waals surface area contributed by atoms with Crippen molar-refractivity contribution in [1.29, 1.82) is 0 Å². The van der Waals surface area contributed by atoms with E-state index in [0.29, 0.717) is 17.6 Å². The predicted octanol–water partition coefficient (Wildman–Crippen LogP) is 3.50. The maximum Gasteiger partial charge on any atom is 0.266 e. The van der Waals surface area contributed by atoms with Crippen molar-refractivity contribution in [1.82, 2.24) is 14.9 Å². The van der Waals surface area contributed by atoms with Crippen LogP contribution in [0.5, 0.6) is 0 Å². The molecule has 4 rings (SSSR count). The second-order valence-corrected chi connectivity index (χ2v) is 10.8. The average molecular weight is 498 g/mol. The Bertz CT molecular complexity index is 1060. The maximum absolute atomic E-state index is 14.9. The standard InChI is InChI=1S/C22H29ClFN5O3S/c23-16-11-21(33(31,32)28-22-5-8-25-14-26-22)17(24)12-19(16)27-18-3-1-2-4-20(18)29-9-6-15(13-29)7-10-30/h5,8,11-12,14-15,18,20,27,30H,1-4,6-7,9-10,13H2,(H,25,26,28)/t15-,18+,20+/m1/s1. The van der Waals surface area contributed by atoms with Gasteiger partial charge in [-0.15, -0.1) is 0 Å². The molecular weight excluding hydrogens is 469 g/mol. The molecule has 3 N–H and O–H groups in total. The first-order valence-electron chi connectivity index (χ1n) is 11.3. The fraction of sp³-hybridized carbons (Fsp3) is 0.545. The van der Waals surface area contributed by atoms with Gasteiger partial charge in [-0.1, -0.05) is 24.4 Å². The second kappa shape index (κ2) is 10.5. The number of aliphatic hydroxyl groups is 1. The number of aromatic nitrogens is 2. The van der Waals surface area contributed by atoms with E-state index in [2.05, 4.69) is 24.9 Å². The summed E-state index contributed by atoms with van der Waals surface area (Å²) < 4.78 is 42.5. The number of sulfonamides is 1. The Morgan fingerprint density at radius 2 is 2.06 bits per heavy atom. The Morgan fingerprint density at radius 1 is 1.24 bits per heavy atom. The highest BCUT2D eigenvalue weighted by Crippen LogP contribution is 2.34. The lowest BCUT2D eigenvalue weighted by Crippen LogP contribution is -2.48. The van der Waals surface area contributed by atoms with Gasteiger partial charge in [0.2, 0.25) is 0 Å². The van der Waals surface area contributed by atoms with Gasteiger partial charge in [-0.25, -0.2) is 22.8 Å². The Kier molecular flexibility index (Phi) is 7.68. The third-order valence-corrected chi connectivity index (χ3v) is 8.21. The van der Waals surface area contributed by atoms with E-state index in [1.54, 1.807) is 0 Å². The summed E-state index contributed by atoms with van der Waals surface area (Å²) >= 11 is 6.41. The molecule has 33 heavy (non-hydrogen) atoms. The first-order valence-corrected chi connectivity index (χ1v) is 13.1. The monoisotopic (exact) mass is 497 g/mol. The van der Waals surface area contributed by atoms with Crippen LogP contribution in [0.4, 0.5) is 15.9 Å². The number of halogens is 2.